The molecule has 166 valence electrons. The zero-order chi connectivity index (χ0) is 23.1. The van der Waals surface area contributed by atoms with Gasteiger partial charge in [0.25, 0.3) is 0 Å². The molecule has 0 atom stereocenters. The van der Waals surface area contributed by atoms with Gasteiger partial charge in [-0.15, -0.1) is 0 Å². The van der Waals surface area contributed by atoms with Crippen LogP contribution in [0.25, 0.3) is 33.1 Å². The van der Waals surface area contributed by atoms with E-state index in [4.69, 9.17) is 18.3 Å². The van der Waals surface area contributed by atoms with Crippen LogP contribution in [0.1, 0.15) is 11.1 Å². The molecule has 2 heterocycles. The Hall–Kier alpha value is -4.19. The van der Waals surface area contributed by atoms with Gasteiger partial charge in [-0.2, -0.15) is 0 Å². The number of anilines is 2. The van der Waals surface area contributed by atoms with Gasteiger partial charge in [0, 0.05) is 5.69 Å². The third kappa shape index (κ3) is 3.49. The second-order valence-corrected chi connectivity index (χ2v) is 7.91. The van der Waals surface area contributed by atoms with Crippen LogP contribution in [0.5, 0.6) is 11.5 Å². The van der Waals surface area contributed by atoms with Crippen molar-refractivity contribution < 1.29 is 18.3 Å². The molecule has 3 aromatic carbocycles. The van der Waals surface area contributed by atoms with E-state index < -0.39 is 5.63 Å². The minimum absolute atomic E-state index is 0.369. The molecule has 0 aliphatic rings. The van der Waals surface area contributed by atoms with E-state index >= 15 is 0 Å². The number of ether oxygens (including phenoxy) is 2. The van der Waals surface area contributed by atoms with E-state index in [0.717, 1.165) is 27.8 Å². The summed E-state index contributed by atoms with van der Waals surface area (Å²) in [5.41, 5.74) is 4.92. The Labute approximate surface area is 190 Å². The Morgan fingerprint density at radius 2 is 1.64 bits per heavy atom. The molecule has 0 aliphatic carbocycles. The highest BCUT2D eigenvalue weighted by Gasteiger charge is 2.24. The van der Waals surface area contributed by atoms with E-state index in [1.807, 2.05) is 56.3 Å². The third-order valence-electron chi connectivity index (χ3n) is 5.75. The maximum absolute atomic E-state index is 13.1. The topological polar surface area (TPSA) is 73.8 Å². The van der Waals surface area contributed by atoms with E-state index in [2.05, 4.69) is 11.4 Å². The van der Waals surface area contributed by atoms with Crippen molar-refractivity contribution in [3.8, 4) is 22.6 Å². The van der Waals surface area contributed by atoms with Crippen molar-refractivity contribution in [3.63, 3.8) is 0 Å². The van der Waals surface area contributed by atoms with E-state index in [9.17, 15) is 4.79 Å². The number of aryl methyl sites for hydroxylation is 2. The second kappa shape index (κ2) is 8.06. The minimum Gasteiger partial charge on any atom is -0.493 e. The molecule has 6 nitrogen and oxygen atoms in total. The fourth-order valence-electron chi connectivity index (χ4n) is 4.14. The summed E-state index contributed by atoms with van der Waals surface area (Å²) >= 11 is 0. The molecular formula is C27H23NO5. The lowest BCUT2D eigenvalue weighted by Crippen LogP contribution is -2.00. The largest absolute Gasteiger partial charge is 0.493 e. The smallest absolute Gasteiger partial charge is 0.348 e. The quantitative estimate of drug-likeness (QED) is 0.310. The average Bonchev–Trinajstić information content (AvgIpc) is 3.20. The van der Waals surface area contributed by atoms with Gasteiger partial charge in [0.2, 0.25) is 5.88 Å². The molecule has 33 heavy (non-hydrogen) atoms. The molecular weight excluding hydrogens is 418 g/mol. The Morgan fingerprint density at radius 1 is 0.848 bits per heavy atom. The maximum atomic E-state index is 13.1. The molecule has 0 unspecified atom stereocenters. The molecule has 0 spiro atoms. The van der Waals surface area contributed by atoms with Crippen LogP contribution in [0.3, 0.4) is 0 Å². The second-order valence-electron chi connectivity index (χ2n) is 7.91. The number of benzene rings is 3. The number of hydrogen-bond acceptors (Lipinski definition) is 6. The van der Waals surface area contributed by atoms with Crippen LogP contribution in [0.15, 0.2) is 74.3 Å². The number of para-hydroxylation sites is 1. The van der Waals surface area contributed by atoms with Crippen molar-refractivity contribution in [1.82, 2.24) is 0 Å². The number of fused-ring (bicyclic) bond motifs is 3. The first-order valence-electron chi connectivity index (χ1n) is 10.5. The van der Waals surface area contributed by atoms with Gasteiger partial charge in [0.1, 0.15) is 11.0 Å². The Balaban J connectivity index is 1.82. The van der Waals surface area contributed by atoms with Gasteiger partial charge < -0.3 is 23.6 Å². The van der Waals surface area contributed by atoms with E-state index in [1.54, 1.807) is 26.4 Å². The summed E-state index contributed by atoms with van der Waals surface area (Å²) in [6.07, 6.45) is 0. The van der Waals surface area contributed by atoms with Crippen molar-refractivity contribution in [2.45, 2.75) is 13.8 Å². The molecule has 0 amide bonds. The number of rotatable bonds is 5. The molecule has 0 radical (unpaired) electrons. The Morgan fingerprint density at radius 3 is 2.39 bits per heavy atom. The van der Waals surface area contributed by atoms with Crippen LogP contribution in [-0.2, 0) is 0 Å². The van der Waals surface area contributed by atoms with Crippen molar-refractivity contribution in [3.05, 3.63) is 82.2 Å². The van der Waals surface area contributed by atoms with Gasteiger partial charge in [-0.05, 0) is 55.3 Å². The predicted molar refractivity (Wildman–Crippen MR) is 130 cm³/mol. The van der Waals surface area contributed by atoms with Gasteiger partial charge in [0.15, 0.2) is 17.1 Å². The third-order valence-corrected chi connectivity index (χ3v) is 5.75. The SMILES string of the molecule is COc1ccc(-c2c(Nc3ccc(C)cc3C)oc3c2c(=O)oc2ccccc23)cc1OC. The van der Waals surface area contributed by atoms with Crippen LogP contribution in [0, 0.1) is 13.8 Å². The molecule has 5 rings (SSSR count). The first kappa shape index (κ1) is 20.7. The van der Waals surface area contributed by atoms with E-state index in [-0.39, 0.29) is 0 Å². The van der Waals surface area contributed by atoms with Crippen molar-refractivity contribution in [2.24, 2.45) is 0 Å². The summed E-state index contributed by atoms with van der Waals surface area (Å²) in [6, 6.07) is 18.9. The zero-order valence-electron chi connectivity index (χ0n) is 18.8. The fraction of sp³-hybridized carbons (Fsp3) is 0.148. The highest BCUT2D eigenvalue weighted by atomic mass is 16.5. The lowest BCUT2D eigenvalue weighted by molar-refractivity contribution is 0.355. The number of furan rings is 1. The molecule has 1 N–H and O–H groups in total. The number of hydrogen-bond donors (Lipinski definition) is 1. The summed E-state index contributed by atoms with van der Waals surface area (Å²) < 4.78 is 22.9. The highest BCUT2D eigenvalue weighted by molar-refractivity contribution is 6.10. The van der Waals surface area contributed by atoms with Gasteiger partial charge in [-0.3, -0.25) is 0 Å². The molecule has 2 aromatic heterocycles. The summed E-state index contributed by atoms with van der Waals surface area (Å²) in [5.74, 6) is 1.59. The van der Waals surface area contributed by atoms with Crippen LogP contribution >= 0.6 is 0 Å². The van der Waals surface area contributed by atoms with Crippen LogP contribution in [0.2, 0.25) is 0 Å². The molecule has 0 saturated heterocycles. The van der Waals surface area contributed by atoms with Crippen molar-refractivity contribution >= 4 is 33.5 Å². The summed E-state index contributed by atoms with van der Waals surface area (Å²) in [5, 5.41) is 4.49. The number of nitrogens with one attached hydrogen (secondary N) is 1. The Bertz CT molecular complexity index is 1560. The van der Waals surface area contributed by atoms with Gasteiger partial charge in [-0.1, -0.05) is 35.9 Å². The van der Waals surface area contributed by atoms with Crippen LogP contribution in [-0.4, -0.2) is 14.2 Å². The van der Waals surface area contributed by atoms with E-state index in [1.165, 1.54) is 0 Å². The van der Waals surface area contributed by atoms with Crippen LogP contribution in [0.4, 0.5) is 11.6 Å². The van der Waals surface area contributed by atoms with Gasteiger partial charge in [0.05, 0.1) is 25.2 Å². The maximum Gasteiger partial charge on any atom is 0.348 e. The summed E-state index contributed by atoms with van der Waals surface area (Å²) in [6.45, 7) is 4.07. The molecule has 0 saturated carbocycles. The van der Waals surface area contributed by atoms with Crippen molar-refractivity contribution in [1.29, 1.82) is 0 Å². The first-order valence-corrected chi connectivity index (χ1v) is 10.5. The van der Waals surface area contributed by atoms with Crippen molar-refractivity contribution in [2.75, 3.05) is 19.5 Å². The van der Waals surface area contributed by atoms with Crippen LogP contribution < -0.4 is 20.4 Å². The lowest BCUT2D eigenvalue weighted by atomic mass is 10.0. The number of methoxy groups -OCH3 is 2. The molecule has 0 fully saturated rings. The summed E-state index contributed by atoms with van der Waals surface area (Å²) in [4.78, 5) is 13.1. The fourth-order valence-corrected chi connectivity index (χ4v) is 4.14. The zero-order valence-corrected chi connectivity index (χ0v) is 18.8. The monoisotopic (exact) mass is 441 g/mol. The minimum atomic E-state index is -0.467. The lowest BCUT2D eigenvalue weighted by Gasteiger charge is -2.12. The van der Waals surface area contributed by atoms with Gasteiger partial charge >= 0.3 is 5.63 Å². The highest BCUT2D eigenvalue weighted by Crippen LogP contribution is 2.43. The predicted octanol–water partition coefficient (Wildman–Crippen LogP) is 6.58. The molecule has 0 aliphatic heterocycles. The average molecular weight is 441 g/mol. The van der Waals surface area contributed by atoms with E-state index in [0.29, 0.717) is 39.5 Å². The molecule has 0 bridgehead atoms. The molecule has 6 heteroatoms. The van der Waals surface area contributed by atoms with Gasteiger partial charge in [-0.25, -0.2) is 4.79 Å². The Kier molecular flexibility index (Phi) is 5.05. The standard InChI is InChI=1S/C27H23NO5/c1-15-9-11-19(16(2)13-15)28-26-23(17-10-12-21(30-3)22(14-17)31-4)24-25(33-26)18-7-5-6-8-20(18)32-27(24)29/h5-14,28H,1-4H3. The normalized spacial score (nSPS) is 11.2. The summed E-state index contributed by atoms with van der Waals surface area (Å²) in [7, 11) is 3.16. The molecule has 5 aromatic rings. The first-order chi connectivity index (χ1) is 16.0.